The van der Waals surface area contributed by atoms with Crippen molar-refractivity contribution >= 4 is 11.9 Å². The Balaban J connectivity index is 2.34. The molecule has 1 heterocycles. The van der Waals surface area contributed by atoms with E-state index in [9.17, 15) is 9.59 Å². The summed E-state index contributed by atoms with van der Waals surface area (Å²) >= 11 is 0. The molecule has 2 bridgehead atoms. The molecule has 1 aliphatic heterocycles. The first-order valence-corrected chi connectivity index (χ1v) is 4.49. The van der Waals surface area contributed by atoms with E-state index in [1.165, 1.54) is 0 Å². The van der Waals surface area contributed by atoms with Crippen molar-refractivity contribution in [3.8, 4) is 0 Å². The van der Waals surface area contributed by atoms with Crippen LogP contribution in [0.1, 0.15) is 26.2 Å². The summed E-state index contributed by atoms with van der Waals surface area (Å²) in [5.41, 5.74) is -1.22. The Morgan fingerprint density at radius 2 is 2.31 bits per heavy atom. The summed E-state index contributed by atoms with van der Waals surface area (Å²) in [5.74, 6) is -1.29. The Hall–Kier alpha value is -1.06. The van der Waals surface area contributed by atoms with Crippen LogP contribution >= 0.6 is 0 Å². The van der Waals surface area contributed by atoms with Crippen molar-refractivity contribution in [3.63, 3.8) is 0 Å². The Labute approximate surface area is 75.9 Å². The Bertz CT molecular complexity index is 273. The largest absolute Gasteiger partial charge is 0.480 e. The summed E-state index contributed by atoms with van der Waals surface area (Å²) in [6.07, 6.45) is 1.44. The highest BCUT2D eigenvalue weighted by Crippen LogP contribution is 2.47. The van der Waals surface area contributed by atoms with Gasteiger partial charge in [0.25, 0.3) is 0 Å². The SMILES string of the molecule is CC1CC2CC(C(=O)O)(C1)C(=O)O2. The van der Waals surface area contributed by atoms with Crippen molar-refractivity contribution in [1.29, 1.82) is 0 Å². The first-order valence-electron chi connectivity index (χ1n) is 4.49. The zero-order valence-electron chi connectivity index (χ0n) is 7.45. The monoisotopic (exact) mass is 184 g/mol. The van der Waals surface area contributed by atoms with Gasteiger partial charge >= 0.3 is 11.9 Å². The highest BCUT2D eigenvalue weighted by molar-refractivity contribution is 6.00. The fraction of sp³-hybridized carbons (Fsp3) is 0.778. The van der Waals surface area contributed by atoms with Crippen LogP contribution < -0.4 is 0 Å². The first kappa shape index (κ1) is 8.53. The molecule has 2 rings (SSSR count). The van der Waals surface area contributed by atoms with Gasteiger partial charge < -0.3 is 9.84 Å². The molecule has 4 heteroatoms. The predicted molar refractivity (Wildman–Crippen MR) is 43.0 cm³/mol. The number of rotatable bonds is 1. The van der Waals surface area contributed by atoms with Gasteiger partial charge in [0.05, 0.1) is 0 Å². The van der Waals surface area contributed by atoms with Crippen LogP contribution in [0.3, 0.4) is 0 Å². The van der Waals surface area contributed by atoms with E-state index >= 15 is 0 Å². The third kappa shape index (κ3) is 1.04. The highest BCUT2D eigenvalue weighted by Gasteiger charge is 2.58. The number of ether oxygens (including phenoxy) is 1. The molecule has 3 unspecified atom stereocenters. The average molecular weight is 184 g/mol. The molecule has 1 saturated heterocycles. The minimum Gasteiger partial charge on any atom is -0.480 e. The molecule has 13 heavy (non-hydrogen) atoms. The van der Waals surface area contributed by atoms with Crippen molar-refractivity contribution in [1.82, 2.24) is 0 Å². The maximum absolute atomic E-state index is 11.4. The van der Waals surface area contributed by atoms with Gasteiger partial charge in [-0.05, 0) is 18.8 Å². The van der Waals surface area contributed by atoms with Gasteiger partial charge in [0.1, 0.15) is 6.10 Å². The lowest BCUT2D eigenvalue weighted by Crippen LogP contribution is -2.39. The molecular formula is C9H12O4. The molecule has 0 spiro atoms. The lowest BCUT2D eigenvalue weighted by atomic mass is 9.71. The summed E-state index contributed by atoms with van der Waals surface area (Å²) in [5, 5.41) is 9.00. The van der Waals surface area contributed by atoms with Gasteiger partial charge in [-0.15, -0.1) is 0 Å². The second-order valence-corrected chi connectivity index (χ2v) is 4.16. The van der Waals surface area contributed by atoms with Crippen LogP contribution in [0.15, 0.2) is 0 Å². The van der Waals surface area contributed by atoms with Crippen LogP contribution in [0.4, 0.5) is 0 Å². The quantitative estimate of drug-likeness (QED) is 0.483. The smallest absolute Gasteiger partial charge is 0.323 e. The number of carboxylic acid groups (broad SMARTS) is 1. The van der Waals surface area contributed by atoms with Gasteiger partial charge in [0.15, 0.2) is 5.41 Å². The van der Waals surface area contributed by atoms with E-state index in [2.05, 4.69) is 0 Å². The van der Waals surface area contributed by atoms with Gasteiger partial charge in [-0.3, -0.25) is 9.59 Å². The van der Waals surface area contributed by atoms with Gasteiger partial charge in [-0.25, -0.2) is 0 Å². The Morgan fingerprint density at radius 3 is 2.92 bits per heavy atom. The van der Waals surface area contributed by atoms with Gasteiger partial charge in [-0.2, -0.15) is 0 Å². The van der Waals surface area contributed by atoms with Gasteiger partial charge in [0, 0.05) is 6.42 Å². The van der Waals surface area contributed by atoms with E-state index in [1.54, 1.807) is 0 Å². The average Bonchev–Trinajstić information content (AvgIpc) is 2.23. The molecule has 0 aromatic carbocycles. The molecule has 4 nitrogen and oxygen atoms in total. The number of aliphatic carboxylic acids is 1. The number of carbonyl (C=O) groups is 2. The lowest BCUT2D eigenvalue weighted by molar-refractivity contribution is -0.161. The van der Waals surface area contributed by atoms with E-state index in [0.29, 0.717) is 12.8 Å². The van der Waals surface area contributed by atoms with Crippen molar-refractivity contribution in [3.05, 3.63) is 0 Å². The summed E-state index contributed by atoms with van der Waals surface area (Å²) in [6.45, 7) is 1.96. The van der Waals surface area contributed by atoms with Crippen molar-refractivity contribution < 1.29 is 19.4 Å². The van der Waals surface area contributed by atoms with E-state index in [0.717, 1.165) is 6.42 Å². The molecule has 1 aliphatic carbocycles. The predicted octanol–water partition coefficient (Wildman–Crippen LogP) is 0.803. The molecule has 0 radical (unpaired) electrons. The summed E-state index contributed by atoms with van der Waals surface area (Å²) in [4.78, 5) is 22.4. The second kappa shape index (κ2) is 2.47. The summed E-state index contributed by atoms with van der Waals surface area (Å²) < 4.78 is 5.00. The normalized spacial score (nSPS) is 43.0. The van der Waals surface area contributed by atoms with E-state index < -0.39 is 17.4 Å². The zero-order chi connectivity index (χ0) is 9.64. The number of esters is 1. The molecular weight excluding hydrogens is 172 g/mol. The number of carbonyl (C=O) groups excluding carboxylic acids is 1. The molecule has 2 fully saturated rings. The maximum atomic E-state index is 11.4. The topological polar surface area (TPSA) is 63.6 Å². The number of fused-ring (bicyclic) bond motifs is 2. The third-order valence-corrected chi connectivity index (χ3v) is 3.01. The molecule has 1 N–H and O–H groups in total. The van der Waals surface area contributed by atoms with Crippen LogP contribution in [0.25, 0.3) is 0 Å². The number of hydrogen-bond donors (Lipinski definition) is 1. The van der Waals surface area contributed by atoms with Gasteiger partial charge in [-0.1, -0.05) is 6.92 Å². The van der Waals surface area contributed by atoms with Crippen LogP contribution in [0.5, 0.6) is 0 Å². The lowest BCUT2D eigenvalue weighted by Gasteiger charge is -2.27. The fourth-order valence-corrected chi connectivity index (χ4v) is 2.46. The minimum absolute atomic E-state index is 0.160. The van der Waals surface area contributed by atoms with E-state index in [1.807, 2.05) is 6.92 Å². The molecule has 2 aliphatic rings. The molecule has 3 atom stereocenters. The standard InChI is InChI=1S/C9H12O4/c1-5-2-6-4-9(3-5,7(10)11)8(12)13-6/h5-6H,2-4H2,1H3,(H,10,11). The number of hydrogen-bond acceptors (Lipinski definition) is 3. The fourth-order valence-electron chi connectivity index (χ4n) is 2.46. The van der Waals surface area contributed by atoms with Crippen molar-refractivity contribution in [2.45, 2.75) is 32.3 Å². The second-order valence-electron chi connectivity index (χ2n) is 4.16. The van der Waals surface area contributed by atoms with Crippen LogP contribution in [0.2, 0.25) is 0 Å². The van der Waals surface area contributed by atoms with E-state index in [4.69, 9.17) is 9.84 Å². The Kier molecular flexibility index (Phi) is 1.62. The minimum atomic E-state index is -1.22. The molecule has 72 valence electrons. The van der Waals surface area contributed by atoms with Crippen molar-refractivity contribution in [2.24, 2.45) is 11.3 Å². The van der Waals surface area contributed by atoms with Crippen LogP contribution in [-0.2, 0) is 14.3 Å². The van der Waals surface area contributed by atoms with Crippen LogP contribution in [0, 0.1) is 11.3 Å². The highest BCUT2D eigenvalue weighted by atomic mass is 16.6. The zero-order valence-corrected chi connectivity index (χ0v) is 7.45. The van der Waals surface area contributed by atoms with Crippen LogP contribution in [-0.4, -0.2) is 23.1 Å². The summed E-state index contributed by atoms with van der Waals surface area (Å²) in [7, 11) is 0. The van der Waals surface area contributed by atoms with Gasteiger partial charge in [0.2, 0.25) is 0 Å². The maximum Gasteiger partial charge on any atom is 0.323 e. The van der Waals surface area contributed by atoms with E-state index in [-0.39, 0.29) is 12.0 Å². The first-order chi connectivity index (χ1) is 6.04. The molecule has 0 aromatic heterocycles. The Morgan fingerprint density at radius 1 is 1.62 bits per heavy atom. The summed E-state index contributed by atoms with van der Waals surface area (Å²) in [6, 6.07) is 0. The molecule has 1 saturated carbocycles. The molecule has 0 amide bonds. The molecule has 0 aromatic rings. The number of carboxylic acids is 1. The van der Waals surface area contributed by atoms with Crippen molar-refractivity contribution in [2.75, 3.05) is 0 Å². The third-order valence-electron chi connectivity index (χ3n) is 3.01.